The van der Waals surface area contributed by atoms with Crippen molar-refractivity contribution in [3.63, 3.8) is 0 Å². The van der Waals surface area contributed by atoms with Gasteiger partial charge in [0.25, 0.3) is 0 Å². The zero-order chi connectivity index (χ0) is 24.6. The monoisotopic (exact) mass is 487 g/mol. The number of anilines is 1. The molecule has 0 N–H and O–H groups in total. The van der Waals surface area contributed by atoms with Crippen LogP contribution in [0.15, 0.2) is 67.0 Å². The molecule has 1 amide bonds. The van der Waals surface area contributed by atoms with Crippen LogP contribution in [0.4, 0.5) is 14.5 Å². The largest absolute Gasteiger partial charge is 0.368 e. The van der Waals surface area contributed by atoms with Crippen molar-refractivity contribution in [1.29, 1.82) is 0 Å². The summed E-state index contributed by atoms with van der Waals surface area (Å²) < 4.78 is 30.1. The second-order valence-corrected chi connectivity index (χ2v) is 8.82. The van der Waals surface area contributed by atoms with E-state index in [2.05, 4.69) is 20.2 Å². The second kappa shape index (κ2) is 9.03. The Balaban J connectivity index is 1.12. The van der Waals surface area contributed by atoms with Crippen LogP contribution in [0.25, 0.3) is 22.4 Å². The van der Waals surface area contributed by atoms with Gasteiger partial charge in [0.1, 0.15) is 23.0 Å². The molecule has 2 aromatic carbocycles. The maximum Gasteiger partial charge on any atom is 0.223 e. The molecule has 8 nitrogen and oxygen atoms in total. The molecule has 0 bridgehead atoms. The summed E-state index contributed by atoms with van der Waals surface area (Å²) in [6.07, 6.45) is 4.46. The van der Waals surface area contributed by atoms with Gasteiger partial charge in [-0.3, -0.25) is 9.20 Å². The summed E-state index contributed by atoms with van der Waals surface area (Å²) in [4.78, 5) is 16.9. The first-order chi connectivity index (χ1) is 17.5. The minimum Gasteiger partial charge on any atom is -0.368 e. The molecule has 0 spiro atoms. The summed E-state index contributed by atoms with van der Waals surface area (Å²) in [5.74, 6) is 0.233. The SMILES string of the molecule is O=C(CCc1nnc2c3cc(-c4ccc(F)cc4)nn3ccn12)N1CCN(c2ccc(F)cc2)CC1. The molecule has 3 aromatic heterocycles. The maximum absolute atomic E-state index is 13.3. The van der Waals surface area contributed by atoms with Crippen LogP contribution in [0, 0.1) is 11.6 Å². The Morgan fingerprint density at radius 2 is 1.56 bits per heavy atom. The van der Waals surface area contributed by atoms with Gasteiger partial charge < -0.3 is 9.80 Å². The van der Waals surface area contributed by atoms with Crippen LogP contribution < -0.4 is 4.90 Å². The highest BCUT2D eigenvalue weighted by atomic mass is 19.1. The highest BCUT2D eigenvalue weighted by Crippen LogP contribution is 2.23. The molecule has 0 aliphatic carbocycles. The lowest BCUT2D eigenvalue weighted by Gasteiger charge is -2.36. The number of hydrogen-bond donors (Lipinski definition) is 0. The number of rotatable bonds is 5. The number of aryl methyl sites for hydroxylation is 1. The first-order valence-electron chi connectivity index (χ1n) is 11.8. The van der Waals surface area contributed by atoms with Crippen LogP contribution in [0.2, 0.25) is 0 Å². The molecule has 6 rings (SSSR count). The van der Waals surface area contributed by atoms with Crippen molar-refractivity contribution in [1.82, 2.24) is 29.1 Å². The molecule has 10 heteroatoms. The van der Waals surface area contributed by atoms with Gasteiger partial charge in [0.15, 0.2) is 5.65 Å². The third kappa shape index (κ3) is 4.15. The van der Waals surface area contributed by atoms with Crippen molar-refractivity contribution in [3.8, 4) is 11.3 Å². The molecule has 1 saturated heterocycles. The van der Waals surface area contributed by atoms with Gasteiger partial charge in [0, 0.05) is 62.7 Å². The quantitative estimate of drug-likeness (QED) is 0.379. The van der Waals surface area contributed by atoms with Crippen molar-refractivity contribution >= 4 is 22.8 Å². The Morgan fingerprint density at radius 1 is 0.861 bits per heavy atom. The Labute approximate surface area is 205 Å². The van der Waals surface area contributed by atoms with Crippen molar-refractivity contribution < 1.29 is 13.6 Å². The van der Waals surface area contributed by atoms with E-state index >= 15 is 0 Å². The number of hydrogen-bond acceptors (Lipinski definition) is 5. The highest BCUT2D eigenvalue weighted by Gasteiger charge is 2.22. The minimum atomic E-state index is -0.295. The maximum atomic E-state index is 13.3. The second-order valence-electron chi connectivity index (χ2n) is 8.82. The Bertz CT molecular complexity index is 1530. The molecule has 0 atom stereocenters. The number of fused-ring (bicyclic) bond motifs is 3. The van der Waals surface area contributed by atoms with Gasteiger partial charge in [-0.1, -0.05) is 0 Å². The number of benzene rings is 2. The van der Waals surface area contributed by atoms with Gasteiger partial charge >= 0.3 is 0 Å². The van der Waals surface area contributed by atoms with Crippen molar-refractivity contribution in [2.75, 3.05) is 31.1 Å². The Morgan fingerprint density at radius 3 is 2.28 bits per heavy atom. The number of carbonyl (C=O) groups is 1. The summed E-state index contributed by atoms with van der Waals surface area (Å²) in [5, 5.41) is 13.2. The van der Waals surface area contributed by atoms with E-state index in [4.69, 9.17) is 0 Å². The van der Waals surface area contributed by atoms with Gasteiger partial charge in [-0.15, -0.1) is 10.2 Å². The Hall–Kier alpha value is -4.34. The fraction of sp³-hybridized carbons (Fsp3) is 0.231. The number of halogens is 2. The van der Waals surface area contributed by atoms with Crippen LogP contribution in [0.1, 0.15) is 12.2 Å². The molecule has 5 aromatic rings. The standard InChI is InChI=1S/C26H23F2N7O/c27-19-3-1-18(2-4-19)22-17-23-26-30-29-24(34(26)15-16-35(23)31-22)9-10-25(36)33-13-11-32(12-14-33)21-7-5-20(28)6-8-21/h1-8,15-17H,9-14H2. The molecule has 0 radical (unpaired) electrons. The molecular weight excluding hydrogens is 464 g/mol. The van der Waals surface area contributed by atoms with Crippen molar-refractivity contribution in [2.45, 2.75) is 12.8 Å². The van der Waals surface area contributed by atoms with Crippen LogP contribution in [-0.2, 0) is 11.2 Å². The van der Waals surface area contributed by atoms with E-state index in [0.29, 0.717) is 56.2 Å². The van der Waals surface area contributed by atoms with E-state index < -0.39 is 0 Å². The lowest BCUT2D eigenvalue weighted by Crippen LogP contribution is -2.48. The number of aromatic nitrogens is 5. The van der Waals surface area contributed by atoms with Crippen LogP contribution in [-0.4, -0.2) is 61.2 Å². The van der Waals surface area contributed by atoms with Gasteiger partial charge in [-0.2, -0.15) is 5.10 Å². The van der Waals surface area contributed by atoms with Crippen LogP contribution in [0.3, 0.4) is 0 Å². The van der Waals surface area contributed by atoms with E-state index in [1.165, 1.54) is 24.3 Å². The van der Waals surface area contributed by atoms with Crippen molar-refractivity contribution in [3.05, 3.63) is 84.4 Å². The van der Waals surface area contributed by atoms with Crippen LogP contribution in [0.5, 0.6) is 0 Å². The highest BCUT2D eigenvalue weighted by molar-refractivity contribution is 5.78. The summed E-state index contributed by atoms with van der Waals surface area (Å²) in [6, 6.07) is 14.5. The molecule has 0 unspecified atom stereocenters. The lowest BCUT2D eigenvalue weighted by atomic mass is 10.1. The predicted octanol–water partition coefficient (Wildman–Crippen LogP) is 3.60. The number of piperazine rings is 1. The normalized spacial score (nSPS) is 14.2. The third-order valence-electron chi connectivity index (χ3n) is 6.61. The van der Waals surface area contributed by atoms with Crippen molar-refractivity contribution in [2.24, 2.45) is 0 Å². The zero-order valence-electron chi connectivity index (χ0n) is 19.4. The fourth-order valence-electron chi connectivity index (χ4n) is 4.63. The van der Waals surface area contributed by atoms with E-state index in [0.717, 1.165) is 16.8 Å². The van der Waals surface area contributed by atoms with E-state index in [1.807, 2.05) is 27.8 Å². The van der Waals surface area contributed by atoms with Crippen LogP contribution >= 0.6 is 0 Å². The number of carbonyl (C=O) groups excluding carboxylic acids is 1. The molecule has 1 aliphatic heterocycles. The summed E-state index contributed by atoms with van der Waals surface area (Å²) in [6.45, 7) is 2.67. The molecular formula is C26H23F2N7O. The van der Waals surface area contributed by atoms with Gasteiger partial charge in [0.05, 0.1) is 5.69 Å². The average Bonchev–Trinajstić information content (AvgIpc) is 3.52. The smallest absolute Gasteiger partial charge is 0.223 e. The molecule has 36 heavy (non-hydrogen) atoms. The zero-order valence-corrected chi connectivity index (χ0v) is 19.4. The average molecular weight is 488 g/mol. The Kier molecular flexibility index (Phi) is 5.55. The lowest BCUT2D eigenvalue weighted by molar-refractivity contribution is -0.131. The predicted molar refractivity (Wildman–Crippen MR) is 131 cm³/mol. The van der Waals surface area contributed by atoms with Gasteiger partial charge in [0.2, 0.25) is 5.91 Å². The van der Waals surface area contributed by atoms with E-state index in [1.54, 1.807) is 28.8 Å². The van der Waals surface area contributed by atoms with Gasteiger partial charge in [-0.25, -0.2) is 13.3 Å². The van der Waals surface area contributed by atoms with E-state index in [9.17, 15) is 13.6 Å². The topological polar surface area (TPSA) is 71.0 Å². The fourth-order valence-corrected chi connectivity index (χ4v) is 4.63. The number of amides is 1. The molecule has 0 saturated carbocycles. The molecule has 1 aliphatic rings. The summed E-state index contributed by atoms with van der Waals surface area (Å²) >= 11 is 0. The molecule has 1 fully saturated rings. The first-order valence-corrected chi connectivity index (χ1v) is 11.8. The first kappa shape index (κ1) is 22.1. The summed E-state index contributed by atoms with van der Waals surface area (Å²) in [7, 11) is 0. The minimum absolute atomic E-state index is 0.0783. The molecule has 182 valence electrons. The number of nitrogens with zero attached hydrogens (tertiary/aromatic N) is 7. The summed E-state index contributed by atoms with van der Waals surface area (Å²) in [5.41, 5.74) is 3.91. The third-order valence-corrected chi connectivity index (χ3v) is 6.61. The van der Waals surface area contributed by atoms with E-state index in [-0.39, 0.29) is 17.5 Å². The molecule has 4 heterocycles. The van der Waals surface area contributed by atoms with Gasteiger partial charge in [-0.05, 0) is 54.6 Å².